The maximum atomic E-state index is 12.8. The van der Waals surface area contributed by atoms with Crippen LogP contribution in [0.15, 0.2) is 47.0 Å². The lowest BCUT2D eigenvalue weighted by atomic mass is 10.2. The number of hydrogen-bond donors (Lipinski definition) is 0. The Bertz CT molecular complexity index is 933. The molecule has 1 saturated heterocycles. The zero-order valence-corrected chi connectivity index (χ0v) is 14.8. The number of carbonyl (C=O) groups excluding carboxylic acids is 1. The molecule has 1 aliphatic rings. The largest absolute Gasteiger partial charge is 0.493 e. The number of benzene rings is 1. The predicted molar refractivity (Wildman–Crippen MR) is 96.7 cm³/mol. The van der Waals surface area contributed by atoms with E-state index < -0.39 is 0 Å². The van der Waals surface area contributed by atoms with Crippen LogP contribution in [0.3, 0.4) is 0 Å². The highest BCUT2D eigenvalue weighted by Gasteiger charge is 2.30. The fourth-order valence-corrected chi connectivity index (χ4v) is 3.16. The molecule has 1 amide bonds. The van der Waals surface area contributed by atoms with Crippen LogP contribution in [-0.4, -0.2) is 42.1 Å². The van der Waals surface area contributed by atoms with Crippen molar-refractivity contribution in [3.63, 3.8) is 0 Å². The van der Waals surface area contributed by atoms with Gasteiger partial charge in [-0.2, -0.15) is 0 Å². The Labute approximate surface area is 151 Å². The first-order valence-corrected chi connectivity index (χ1v) is 8.59. The lowest BCUT2D eigenvalue weighted by molar-refractivity contribution is 0.0742. The topological polar surface area (TPSA) is 64.8 Å². The van der Waals surface area contributed by atoms with Gasteiger partial charge in [-0.3, -0.25) is 4.79 Å². The van der Waals surface area contributed by atoms with Crippen LogP contribution in [0.2, 0.25) is 0 Å². The van der Waals surface area contributed by atoms with E-state index in [4.69, 9.17) is 13.9 Å². The summed E-state index contributed by atoms with van der Waals surface area (Å²) in [6.07, 6.45) is 2.48. The molecule has 6 nitrogen and oxygen atoms in total. The molecule has 0 saturated carbocycles. The number of amides is 1. The highest BCUT2D eigenvalue weighted by atomic mass is 16.5. The fraction of sp³-hybridized carbons (Fsp3) is 0.300. The third-order valence-electron chi connectivity index (χ3n) is 4.54. The molecule has 3 aromatic rings. The van der Waals surface area contributed by atoms with Crippen LogP contribution in [-0.2, 0) is 0 Å². The van der Waals surface area contributed by atoms with E-state index in [0.29, 0.717) is 36.1 Å². The van der Waals surface area contributed by atoms with Gasteiger partial charge in [-0.25, -0.2) is 4.98 Å². The minimum absolute atomic E-state index is 0.0620. The van der Waals surface area contributed by atoms with E-state index in [-0.39, 0.29) is 12.0 Å². The number of ether oxygens (including phenoxy) is 2. The van der Waals surface area contributed by atoms with Gasteiger partial charge in [0.15, 0.2) is 17.1 Å². The molecule has 0 radical (unpaired) electrons. The van der Waals surface area contributed by atoms with Crippen molar-refractivity contribution in [2.45, 2.75) is 19.4 Å². The van der Waals surface area contributed by atoms with Crippen molar-refractivity contribution in [2.24, 2.45) is 0 Å². The molecule has 2 aromatic heterocycles. The van der Waals surface area contributed by atoms with Gasteiger partial charge < -0.3 is 18.8 Å². The van der Waals surface area contributed by atoms with Gasteiger partial charge in [0.25, 0.3) is 5.91 Å². The van der Waals surface area contributed by atoms with Crippen LogP contribution in [0.25, 0.3) is 11.0 Å². The summed E-state index contributed by atoms with van der Waals surface area (Å²) < 4.78 is 16.9. The summed E-state index contributed by atoms with van der Waals surface area (Å²) in [5.41, 5.74) is 1.68. The van der Waals surface area contributed by atoms with Gasteiger partial charge in [0.1, 0.15) is 6.10 Å². The van der Waals surface area contributed by atoms with E-state index >= 15 is 0 Å². The molecule has 0 spiro atoms. The van der Waals surface area contributed by atoms with Crippen molar-refractivity contribution in [1.82, 2.24) is 9.88 Å². The molecule has 0 bridgehead atoms. The number of nitrogens with zero attached hydrogens (tertiary/aromatic N) is 2. The van der Waals surface area contributed by atoms with Crippen molar-refractivity contribution < 1.29 is 18.7 Å². The van der Waals surface area contributed by atoms with E-state index in [1.54, 1.807) is 24.3 Å². The third-order valence-corrected chi connectivity index (χ3v) is 4.54. The van der Waals surface area contributed by atoms with Crippen LogP contribution < -0.4 is 9.47 Å². The summed E-state index contributed by atoms with van der Waals surface area (Å²) in [5.74, 6) is 1.39. The highest BCUT2D eigenvalue weighted by molar-refractivity contribution is 5.97. The minimum atomic E-state index is -0.133. The molecule has 1 aromatic carbocycles. The average molecular weight is 352 g/mol. The monoisotopic (exact) mass is 352 g/mol. The number of carbonyl (C=O) groups is 1. The van der Waals surface area contributed by atoms with Gasteiger partial charge in [-0.1, -0.05) is 18.2 Å². The summed E-state index contributed by atoms with van der Waals surface area (Å²) >= 11 is 0. The summed E-state index contributed by atoms with van der Waals surface area (Å²) in [7, 11) is 1.58. The van der Waals surface area contributed by atoms with Gasteiger partial charge in [0, 0.05) is 30.6 Å². The number of hydrogen-bond acceptors (Lipinski definition) is 5. The second-order valence-electron chi connectivity index (χ2n) is 6.44. The smallest absolute Gasteiger partial charge is 0.289 e. The van der Waals surface area contributed by atoms with Crippen molar-refractivity contribution in [3.8, 4) is 11.6 Å². The highest BCUT2D eigenvalue weighted by Crippen LogP contribution is 2.29. The lowest BCUT2D eigenvalue weighted by Crippen LogP contribution is -2.30. The third kappa shape index (κ3) is 3.10. The molecule has 134 valence electrons. The molecule has 1 fully saturated rings. The Morgan fingerprint density at radius 2 is 2.19 bits per heavy atom. The van der Waals surface area contributed by atoms with E-state index in [1.807, 2.05) is 37.3 Å². The maximum absolute atomic E-state index is 12.8. The minimum Gasteiger partial charge on any atom is -0.493 e. The van der Waals surface area contributed by atoms with Gasteiger partial charge >= 0.3 is 0 Å². The number of pyridine rings is 1. The normalized spacial score (nSPS) is 16.8. The fourth-order valence-electron chi connectivity index (χ4n) is 3.16. The molecule has 3 heterocycles. The zero-order valence-electron chi connectivity index (χ0n) is 14.8. The molecule has 4 rings (SSSR count). The molecule has 26 heavy (non-hydrogen) atoms. The molecule has 6 heteroatoms. The molecular formula is C20H20N2O4. The number of fused-ring (bicyclic) bond motifs is 1. The van der Waals surface area contributed by atoms with E-state index in [1.165, 1.54) is 0 Å². The number of likely N-dealkylation sites (tertiary alicyclic amines) is 1. The van der Waals surface area contributed by atoms with E-state index in [9.17, 15) is 4.79 Å². The van der Waals surface area contributed by atoms with E-state index in [2.05, 4.69) is 4.98 Å². The Hall–Kier alpha value is -3.02. The van der Waals surface area contributed by atoms with Gasteiger partial charge in [0.2, 0.25) is 5.88 Å². The Morgan fingerprint density at radius 1 is 1.31 bits per heavy atom. The molecule has 1 atom stereocenters. The van der Waals surface area contributed by atoms with Crippen LogP contribution in [0, 0.1) is 6.92 Å². The molecule has 0 aliphatic carbocycles. The molecular weight excluding hydrogens is 332 g/mol. The second-order valence-corrected chi connectivity index (χ2v) is 6.44. The van der Waals surface area contributed by atoms with Crippen molar-refractivity contribution >= 4 is 16.9 Å². The second kappa shape index (κ2) is 6.71. The first kappa shape index (κ1) is 16.4. The number of para-hydroxylation sites is 1. The van der Waals surface area contributed by atoms with E-state index in [0.717, 1.165) is 17.4 Å². The number of rotatable bonds is 4. The summed E-state index contributed by atoms with van der Waals surface area (Å²) in [6.45, 7) is 3.13. The first-order chi connectivity index (χ1) is 12.6. The summed E-state index contributed by atoms with van der Waals surface area (Å²) in [4.78, 5) is 18.8. The van der Waals surface area contributed by atoms with Crippen LogP contribution >= 0.6 is 0 Å². The predicted octanol–water partition coefficient (Wildman–Crippen LogP) is 3.44. The van der Waals surface area contributed by atoms with Gasteiger partial charge in [-0.15, -0.1) is 0 Å². The van der Waals surface area contributed by atoms with Crippen molar-refractivity contribution in [3.05, 3.63) is 53.9 Å². The van der Waals surface area contributed by atoms with Gasteiger partial charge in [0.05, 0.1) is 13.7 Å². The lowest BCUT2D eigenvalue weighted by Gasteiger charge is -2.15. The molecule has 0 N–H and O–H groups in total. The van der Waals surface area contributed by atoms with Crippen LogP contribution in [0.1, 0.15) is 22.5 Å². The quantitative estimate of drug-likeness (QED) is 0.720. The number of aromatic nitrogens is 1. The summed E-state index contributed by atoms with van der Waals surface area (Å²) in [6, 6.07) is 11.2. The molecule has 1 unspecified atom stereocenters. The SMILES string of the molecule is COc1cccc2cc(C(=O)N3CCC(Oc4ccc(C)cn4)C3)oc12. The Morgan fingerprint density at radius 3 is 2.96 bits per heavy atom. The van der Waals surface area contributed by atoms with Crippen LogP contribution in [0.4, 0.5) is 0 Å². The van der Waals surface area contributed by atoms with Crippen molar-refractivity contribution in [1.29, 1.82) is 0 Å². The molecule has 1 aliphatic heterocycles. The number of methoxy groups -OCH3 is 1. The Kier molecular flexibility index (Phi) is 4.24. The van der Waals surface area contributed by atoms with Crippen molar-refractivity contribution in [2.75, 3.05) is 20.2 Å². The standard InChI is InChI=1S/C20H20N2O4/c1-13-6-7-18(21-11-13)25-15-8-9-22(12-15)20(23)17-10-14-4-3-5-16(24-2)19(14)26-17/h3-7,10-11,15H,8-9,12H2,1-2H3. The number of aryl methyl sites for hydroxylation is 1. The maximum Gasteiger partial charge on any atom is 0.289 e. The van der Waals surface area contributed by atoms with Crippen LogP contribution in [0.5, 0.6) is 11.6 Å². The summed E-state index contributed by atoms with van der Waals surface area (Å²) in [5, 5.41) is 0.851. The number of furan rings is 1. The first-order valence-electron chi connectivity index (χ1n) is 8.59. The average Bonchev–Trinajstić information content (AvgIpc) is 3.29. The Balaban J connectivity index is 1.46. The zero-order chi connectivity index (χ0) is 18.1. The van der Waals surface area contributed by atoms with Gasteiger partial charge in [-0.05, 0) is 24.6 Å².